The maximum Gasteiger partial charge on any atom is 0.415 e. The number of nitrogens with zero attached hydrogens (tertiary/aromatic N) is 3. The molecule has 4 rings (SSSR count). The van der Waals surface area contributed by atoms with Gasteiger partial charge in [-0.2, -0.15) is 0 Å². The minimum absolute atomic E-state index is 0.0755. The van der Waals surface area contributed by atoms with Crippen LogP contribution in [0.4, 0.5) is 10.5 Å². The van der Waals surface area contributed by atoms with Gasteiger partial charge in [-0.25, -0.2) is 9.78 Å². The summed E-state index contributed by atoms with van der Waals surface area (Å²) in [6, 6.07) is 9.93. The van der Waals surface area contributed by atoms with Crippen molar-refractivity contribution in [1.82, 2.24) is 9.55 Å². The van der Waals surface area contributed by atoms with Crippen molar-refractivity contribution in [1.29, 1.82) is 0 Å². The standard InChI is InChI=1S/C24H26IN3O3/c1-5-27-14-20(25)21(29)19-12-18(13-26-22(19)27)28(23(30)31-24(2,3)4)17-10-15-8-6-7-9-16(15)11-17/h6-9,12-14,17H,5,10-11H2,1-4H3. The van der Waals surface area contributed by atoms with Gasteiger partial charge >= 0.3 is 6.09 Å². The number of hydrogen-bond acceptors (Lipinski definition) is 4. The van der Waals surface area contributed by atoms with Crippen LogP contribution in [0, 0.1) is 3.57 Å². The number of ether oxygens (including phenoxy) is 1. The largest absolute Gasteiger partial charge is 0.443 e. The molecule has 2 heterocycles. The second-order valence-electron chi connectivity index (χ2n) is 8.84. The van der Waals surface area contributed by atoms with Crippen LogP contribution in [0.15, 0.2) is 47.5 Å². The molecular formula is C24H26IN3O3. The Kier molecular flexibility index (Phi) is 5.81. The number of benzene rings is 1. The summed E-state index contributed by atoms with van der Waals surface area (Å²) in [6.45, 7) is 8.28. The quantitative estimate of drug-likeness (QED) is 0.450. The van der Waals surface area contributed by atoms with Crippen molar-refractivity contribution in [3.05, 3.63) is 67.6 Å². The number of rotatable bonds is 3. The highest BCUT2D eigenvalue weighted by Gasteiger charge is 2.34. The molecule has 0 bridgehead atoms. The lowest BCUT2D eigenvalue weighted by Crippen LogP contribution is -2.44. The summed E-state index contributed by atoms with van der Waals surface area (Å²) in [5.74, 6) is 0. The normalized spacial score (nSPS) is 14.0. The molecule has 31 heavy (non-hydrogen) atoms. The zero-order valence-corrected chi connectivity index (χ0v) is 20.3. The molecule has 0 saturated carbocycles. The Hall–Kier alpha value is -2.42. The maximum absolute atomic E-state index is 13.3. The fraction of sp³-hybridized carbons (Fsp3) is 0.375. The number of carbonyl (C=O) groups excluding carboxylic acids is 1. The van der Waals surface area contributed by atoms with Crippen molar-refractivity contribution in [2.75, 3.05) is 4.90 Å². The van der Waals surface area contributed by atoms with Crippen LogP contribution in [-0.4, -0.2) is 27.3 Å². The first kappa shape index (κ1) is 21.8. The third kappa shape index (κ3) is 4.33. The van der Waals surface area contributed by atoms with Gasteiger partial charge in [0.1, 0.15) is 11.2 Å². The van der Waals surface area contributed by atoms with Crippen LogP contribution in [0.2, 0.25) is 0 Å². The predicted molar refractivity (Wildman–Crippen MR) is 131 cm³/mol. The van der Waals surface area contributed by atoms with E-state index in [0.29, 0.717) is 26.8 Å². The average Bonchev–Trinajstić information content (AvgIpc) is 3.13. The SMILES string of the molecule is CCn1cc(I)c(=O)c2cc(N(C(=O)OC(C)(C)C)C3Cc4ccccc4C3)cnc21. The van der Waals surface area contributed by atoms with Gasteiger partial charge in [-0.1, -0.05) is 24.3 Å². The number of amides is 1. The third-order valence-electron chi connectivity index (χ3n) is 5.46. The first-order valence-corrected chi connectivity index (χ1v) is 11.5. The van der Waals surface area contributed by atoms with Crippen molar-refractivity contribution in [3.8, 4) is 0 Å². The molecule has 2 aromatic heterocycles. The highest BCUT2D eigenvalue weighted by atomic mass is 127. The Morgan fingerprint density at radius 2 is 1.90 bits per heavy atom. The van der Waals surface area contributed by atoms with Crippen molar-refractivity contribution < 1.29 is 9.53 Å². The van der Waals surface area contributed by atoms with Gasteiger partial charge < -0.3 is 9.30 Å². The van der Waals surface area contributed by atoms with Gasteiger partial charge in [-0.15, -0.1) is 0 Å². The molecule has 0 spiro atoms. The molecule has 1 aliphatic carbocycles. The molecule has 1 amide bonds. The first-order chi connectivity index (χ1) is 14.7. The molecule has 1 aromatic carbocycles. The van der Waals surface area contributed by atoms with Gasteiger partial charge in [-0.3, -0.25) is 9.69 Å². The van der Waals surface area contributed by atoms with E-state index in [1.165, 1.54) is 11.1 Å². The lowest BCUT2D eigenvalue weighted by molar-refractivity contribution is 0.0566. The zero-order chi connectivity index (χ0) is 22.3. The molecular weight excluding hydrogens is 505 g/mol. The summed E-state index contributed by atoms with van der Waals surface area (Å²) in [5, 5.41) is 0.510. The number of fused-ring (bicyclic) bond motifs is 2. The Morgan fingerprint density at radius 3 is 2.48 bits per heavy atom. The summed E-state index contributed by atoms with van der Waals surface area (Å²) >= 11 is 2.05. The molecule has 0 unspecified atom stereocenters. The van der Waals surface area contributed by atoms with E-state index in [-0.39, 0.29) is 11.5 Å². The highest BCUT2D eigenvalue weighted by molar-refractivity contribution is 14.1. The van der Waals surface area contributed by atoms with E-state index in [4.69, 9.17) is 4.74 Å². The van der Waals surface area contributed by atoms with Gasteiger partial charge in [0, 0.05) is 18.8 Å². The van der Waals surface area contributed by atoms with Crippen LogP contribution >= 0.6 is 22.6 Å². The van der Waals surface area contributed by atoms with Crippen molar-refractivity contribution in [2.24, 2.45) is 0 Å². The van der Waals surface area contributed by atoms with Crippen molar-refractivity contribution in [3.63, 3.8) is 0 Å². The second kappa shape index (κ2) is 8.26. The number of aryl methyl sites for hydroxylation is 1. The molecule has 0 N–H and O–H groups in total. The number of pyridine rings is 2. The molecule has 7 heteroatoms. The molecule has 0 saturated heterocycles. The van der Waals surface area contributed by atoms with Crippen LogP contribution in [0.5, 0.6) is 0 Å². The lowest BCUT2D eigenvalue weighted by atomic mass is 10.1. The second-order valence-corrected chi connectivity index (χ2v) is 10.0. The molecule has 6 nitrogen and oxygen atoms in total. The molecule has 1 aliphatic rings. The molecule has 0 aliphatic heterocycles. The predicted octanol–water partition coefficient (Wildman–Crippen LogP) is 4.93. The number of carbonyl (C=O) groups is 1. The summed E-state index contributed by atoms with van der Waals surface area (Å²) in [5.41, 5.74) is 2.97. The lowest BCUT2D eigenvalue weighted by Gasteiger charge is -2.31. The zero-order valence-electron chi connectivity index (χ0n) is 18.2. The topological polar surface area (TPSA) is 64.4 Å². The van der Waals surface area contributed by atoms with Crippen LogP contribution in [-0.2, 0) is 24.1 Å². The van der Waals surface area contributed by atoms with Crippen LogP contribution in [0.25, 0.3) is 11.0 Å². The first-order valence-electron chi connectivity index (χ1n) is 10.5. The fourth-order valence-corrected chi connectivity index (χ4v) is 4.72. The summed E-state index contributed by atoms with van der Waals surface area (Å²) in [4.78, 5) is 32.4. The Labute approximate surface area is 195 Å². The minimum Gasteiger partial charge on any atom is -0.443 e. The van der Waals surface area contributed by atoms with Crippen LogP contribution in [0.1, 0.15) is 38.8 Å². The van der Waals surface area contributed by atoms with Gasteiger partial charge in [0.2, 0.25) is 5.43 Å². The number of hydrogen-bond donors (Lipinski definition) is 0. The maximum atomic E-state index is 13.3. The molecule has 162 valence electrons. The van der Waals surface area contributed by atoms with E-state index in [1.807, 2.05) is 50.6 Å². The summed E-state index contributed by atoms with van der Waals surface area (Å²) in [7, 11) is 0. The van der Waals surface area contributed by atoms with E-state index < -0.39 is 11.7 Å². The van der Waals surface area contributed by atoms with E-state index in [0.717, 1.165) is 12.8 Å². The van der Waals surface area contributed by atoms with Gasteiger partial charge in [-0.05, 0) is 80.3 Å². The molecule has 0 fully saturated rings. The van der Waals surface area contributed by atoms with E-state index in [9.17, 15) is 9.59 Å². The van der Waals surface area contributed by atoms with E-state index in [2.05, 4.69) is 39.7 Å². The van der Waals surface area contributed by atoms with Gasteiger partial charge in [0.15, 0.2) is 0 Å². The Bertz CT molecular complexity index is 1190. The highest BCUT2D eigenvalue weighted by Crippen LogP contribution is 2.31. The fourth-order valence-electron chi connectivity index (χ4n) is 4.10. The van der Waals surface area contributed by atoms with E-state index in [1.54, 1.807) is 17.2 Å². The third-order valence-corrected chi connectivity index (χ3v) is 6.23. The van der Waals surface area contributed by atoms with E-state index >= 15 is 0 Å². The number of aromatic nitrogens is 2. The summed E-state index contributed by atoms with van der Waals surface area (Å²) < 4.78 is 8.33. The average molecular weight is 531 g/mol. The Balaban J connectivity index is 1.82. The summed E-state index contributed by atoms with van der Waals surface area (Å²) in [6.07, 6.45) is 4.54. The smallest absolute Gasteiger partial charge is 0.415 e. The van der Waals surface area contributed by atoms with Crippen LogP contribution in [0.3, 0.4) is 0 Å². The molecule has 0 radical (unpaired) electrons. The molecule has 0 atom stereocenters. The monoisotopic (exact) mass is 531 g/mol. The van der Waals surface area contributed by atoms with Gasteiger partial charge in [0.05, 0.1) is 20.8 Å². The molecule has 3 aromatic rings. The number of anilines is 1. The van der Waals surface area contributed by atoms with Gasteiger partial charge in [0.25, 0.3) is 0 Å². The van der Waals surface area contributed by atoms with Crippen molar-refractivity contribution >= 4 is 45.4 Å². The minimum atomic E-state index is -0.630. The van der Waals surface area contributed by atoms with Crippen LogP contribution < -0.4 is 10.3 Å². The number of halogens is 1. The van der Waals surface area contributed by atoms with Crippen molar-refractivity contribution in [2.45, 2.75) is 58.7 Å². The Morgan fingerprint density at radius 1 is 1.26 bits per heavy atom.